The molecule has 2 aromatic rings. The van der Waals surface area contributed by atoms with Crippen molar-refractivity contribution in [3.63, 3.8) is 0 Å². The van der Waals surface area contributed by atoms with Crippen LogP contribution in [0.3, 0.4) is 0 Å². The first kappa shape index (κ1) is 13.6. The molecular formula is C15H18ClNS. The second kappa shape index (κ2) is 5.87. The fourth-order valence-electron chi connectivity index (χ4n) is 2.19. The number of benzene rings is 1. The Bertz CT molecular complexity index is 533. The highest BCUT2D eigenvalue weighted by Crippen LogP contribution is 2.32. The van der Waals surface area contributed by atoms with E-state index < -0.39 is 0 Å². The van der Waals surface area contributed by atoms with Crippen molar-refractivity contribution in [3.8, 4) is 0 Å². The highest BCUT2D eigenvalue weighted by Gasteiger charge is 2.18. The van der Waals surface area contributed by atoms with Crippen LogP contribution in [0.2, 0.25) is 5.02 Å². The minimum Gasteiger partial charge on any atom is -0.306 e. The van der Waals surface area contributed by atoms with E-state index >= 15 is 0 Å². The molecule has 1 unspecified atom stereocenters. The van der Waals surface area contributed by atoms with Gasteiger partial charge in [0.15, 0.2) is 0 Å². The second-order valence-electron chi connectivity index (χ2n) is 4.46. The van der Waals surface area contributed by atoms with Crippen molar-refractivity contribution in [1.29, 1.82) is 0 Å². The molecule has 1 nitrogen and oxygen atoms in total. The molecule has 3 heteroatoms. The van der Waals surface area contributed by atoms with Gasteiger partial charge >= 0.3 is 0 Å². The summed E-state index contributed by atoms with van der Waals surface area (Å²) in [7, 11) is 0. The van der Waals surface area contributed by atoms with Crippen LogP contribution in [0.1, 0.15) is 34.5 Å². The molecule has 1 heterocycles. The third kappa shape index (κ3) is 2.77. The summed E-state index contributed by atoms with van der Waals surface area (Å²) in [5.74, 6) is 0. The van der Waals surface area contributed by atoms with Crippen LogP contribution in [0.15, 0.2) is 29.6 Å². The Labute approximate surface area is 118 Å². The molecule has 0 aliphatic carbocycles. The molecule has 0 fully saturated rings. The summed E-state index contributed by atoms with van der Waals surface area (Å²) >= 11 is 7.85. The average molecular weight is 280 g/mol. The lowest BCUT2D eigenvalue weighted by Crippen LogP contribution is -2.22. The monoisotopic (exact) mass is 279 g/mol. The van der Waals surface area contributed by atoms with Gasteiger partial charge in [-0.1, -0.05) is 24.6 Å². The molecule has 0 amide bonds. The summed E-state index contributed by atoms with van der Waals surface area (Å²) in [4.78, 5) is 1.39. The van der Waals surface area contributed by atoms with Crippen LogP contribution in [0.5, 0.6) is 0 Å². The van der Waals surface area contributed by atoms with Crippen molar-refractivity contribution in [2.75, 3.05) is 6.54 Å². The van der Waals surface area contributed by atoms with Gasteiger partial charge in [-0.25, -0.2) is 0 Å². The van der Waals surface area contributed by atoms with Gasteiger partial charge < -0.3 is 5.32 Å². The molecule has 1 aromatic heterocycles. The van der Waals surface area contributed by atoms with Crippen LogP contribution in [0.4, 0.5) is 0 Å². The molecule has 0 aliphatic heterocycles. The number of rotatable bonds is 4. The lowest BCUT2D eigenvalue weighted by molar-refractivity contribution is 0.634. The van der Waals surface area contributed by atoms with Crippen LogP contribution in [0.25, 0.3) is 0 Å². The number of halogens is 1. The molecule has 0 radical (unpaired) electrons. The fraction of sp³-hybridized carbons (Fsp3) is 0.333. The Morgan fingerprint density at radius 3 is 2.56 bits per heavy atom. The third-order valence-electron chi connectivity index (χ3n) is 3.11. The van der Waals surface area contributed by atoms with Crippen LogP contribution in [0, 0.1) is 13.8 Å². The van der Waals surface area contributed by atoms with Crippen molar-refractivity contribution >= 4 is 22.9 Å². The predicted molar refractivity (Wildman–Crippen MR) is 80.8 cm³/mol. The van der Waals surface area contributed by atoms with Gasteiger partial charge in [-0.3, -0.25) is 0 Å². The molecule has 0 saturated heterocycles. The minimum atomic E-state index is 0.271. The van der Waals surface area contributed by atoms with Crippen molar-refractivity contribution < 1.29 is 0 Å². The Morgan fingerprint density at radius 2 is 2.00 bits per heavy atom. The normalized spacial score (nSPS) is 12.7. The SMILES string of the molecule is CCNC(c1ccc(Cl)cc1C)c1sccc1C. The third-order valence-corrected chi connectivity index (χ3v) is 4.43. The zero-order valence-electron chi connectivity index (χ0n) is 11.0. The topological polar surface area (TPSA) is 12.0 Å². The van der Waals surface area contributed by atoms with Gasteiger partial charge in [0.2, 0.25) is 0 Å². The number of thiophene rings is 1. The van der Waals surface area contributed by atoms with E-state index in [4.69, 9.17) is 11.6 Å². The standard InChI is InChI=1S/C15H18ClNS/c1-4-17-14(15-10(2)7-8-18-15)13-6-5-12(16)9-11(13)3/h5-9,14,17H,4H2,1-3H3. The van der Waals surface area contributed by atoms with Crippen LogP contribution in [-0.4, -0.2) is 6.54 Å². The van der Waals surface area contributed by atoms with Gasteiger partial charge in [0.05, 0.1) is 6.04 Å². The number of hydrogen-bond acceptors (Lipinski definition) is 2. The molecular weight excluding hydrogens is 262 g/mol. The fourth-order valence-corrected chi connectivity index (χ4v) is 3.44. The maximum atomic E-state index is 6.04. The highest BCUT2D eigenvalue weighted by atomic mass is 35.5. The average Bonchev–Trinajstić information content (AvgIpc) is 2.73. The summed E-state index contributed by atoms with van der Waals surface area (Å²) in [5.41, 5.74) is 3.90. The van der Waals surface area contributed by atoms with E-state index in [1.807, 2.05) is 23.5 Å². The van der Waals surface area contributed by atoms with E-state index in [1.54, 1.807) is 0 Å². The van der Waals surface area contributed by atoms with E-state index in [1.165, 1.54) is 21.6 Å². The molecule has 2 rings (SSSR count). The maximum absolute atomic E-state index is 6.04. The zero-order chi connectivity index (χ0) is 13.1. The number of aryl methyl sites for hydroxylation is 2. The maximum Gasteiger partial charge on any atom is 0.0676 e. The van der Waals surface area contributed by atoms with E-state index in [2.05, 4.69) is 43.6 Å². The summed E-state index contributed by atoms with van der Waals surface area (Å²) in [5, 5.41) is 6.52. The smallest absolute Gasteiger partial charge is 0.0676 e. The van der Waals surface area contributed by atoms with E-state index in [0.29, 0.717) is 0 Å². The lowest BCUT2D eigenvalue weighted by Gasteiger charge is -2.20. The Kier molecular flexibility index (Phi) is 4.44. The largest absolute Gasteiger partial charge is 0.306 e. The van der Waals surface area contributed by atoms with Gasteiger partial charge in [0.25, 0.3) is 0 Å². The highest BCUT2D eigenvalue weighted by molar-refractivity contribution is 7.10. The van der Waals surface area contributed by atoms with E-state index in [-0.39, 0.29) is 6.04 Å². The van der Waals surface area contributed by atoms with E-state index in [9.17, 15) is 0 Å². The van der Waals surface area contributed by atoms with Crippen LogP contribution in [-0.2, 0) is 0 Å². The summed E-state index contributed by atoms with van der Waals surface area (Å²) in [6, 6.07) is 8.58. The summed E-state index contributed by atoms with van der Waals surface area (Å²) in [6.07, 6.45) is 0. The second-order valence-corrected chi connectivity index (χ2v) is 5.84. The van der Waals surface area contributed by atoms with Gasteiger partial charge in [-0.15, -0.1) is 11.3 Å². The molecule has 96 valence electrons. The van der Waals surface area contributed by atoms with Crippen molar-refractivity contribution in [1.82, 2.24) is 5.32 Å². The molecule has 0 spiro atoms. The van der Waals surface area contributed by atoms with Crippen molar-refractivity contribution in [2.45, 2.75) is 26.8 Å². The zero-order valence-corrected chi connectivity index (χ0v) is 12.5. The molecule has 0 saturated carbocycles. The van der Waals surface area contributed by atoms with Gasteiger partial charge in [-0.05, 0) is 60.7 Å². The van der Waals surface area contributed by atoms with Crippen LogP contribution < -0.4 is 5.32 Å². The van der Waals surface area contributed by atoms with Gasteiger partial charge in [0, 0.05) is 9.90 Å². The molecule has 0 bridgehead atoms. The van der Waals surface area contributed by atoms with Crippen molar-refractivity contribution in [2.24, 2.45) is 0 Å². The molecule has 18 heavy (non-hydrogen) atoms. The van der Waals surface area contributed by atoms with E-state index in [0.717, 1.165) is 11.6 Å². The Hall–Kier alpha value is -0.830. The van der Waals surface area contributed by atoms with Crippen molar-refractivity contribution in [3.05, 3.63) is 56.2 Å². The minimum absolute atomic E-state index is 0.271. The predicted octanol–water partition coefficient (Wildman–Crippen LogP) is 4.72. The summed E-state index contributed by atoms with van der Waals surface area (Å²) in [6.45, 7) is 7.38. The van der Waals surface area contributed by atoms with Gasteiger partial charge in [-0.2, -0.15) is 0 Å². The summed E-state index contributed by atoms with van der Waals surface area (Å²) < 4.78 is 0. The Morgan fingerprint density at radius 1 is 1.22 bits per heavy atom. The first-order valence-corrected chi connectivity index (χ1v) is 7.42. The molecule has 1 atom stereocenters. The van der Waals surface area contributed by atoms with Crippen LogP contribution >= 0.6 is 22.9 Å². The molecule has 0 aliphatic rings. The molecule has 1 aromatic carbocycles. The number of hydrogen-bond donors (Lipinski definition) is 1. The lowest BCUT2D eigenvalue weighted by atomic mass is 9.98. The number of nitrogens with one attached hydrogen (secondary N) is 1. The quantitative estimate of drug-likeness (QED) is 0.854. The Balaban J connectivity index is 2.45. The van der Waals surface area contributed by atoms with Gasteiger partial charge in [0.1, 0.15) is 0 Å². The first-order valence-electron chi connectivity index (χ1n) is 6.17. The molecule has 1 N–H and O–H groups in total. The first-order chi connectivity index (χ1) is 8.63.